The summed E-state index contributed by atoms with van der Waals surface area (Å²) < 4.78 is 0. The van der Waals surface area contributed by atoms with Gasteiger partial charge in [-0.05, 0) is 29.8 Å². The van der Waals surface area contributed by atoms with Crippen molar-refractivity contribution in [1.82, 2.24) is 4.98 Å². The van der Waals surface area contributed by atoms with Crippen LogP contribution in [0, 0.1) is 0 Å². The van der Waals surface area contributed by atoms with Crippen molar-refractivity contribution in [3.8, 4) is 0 Å². The van der Waals surface area contributed by atoms with E-state index in [-0.39, 0.29) is 5.41 Å². The molecule has 0 aliphatic carbocycles. The summed E-state index contributed by atoms with van der Waals surface area (Å²) >= 11 is 0. The zero-order chi connectivity index (χ0) is 14.2. The maximum atomic E-state index is 4.36. The Hall–Kier alpha value is -2.09. The van der Waals surface area contributed by atoms with Crippen molar-refractivity contribution in [3.63, 3.8) is 0 Å². The molecule has 1 unspecified atom stereocenters. The highest BCUT2D eigenvalue weighted by atomic mass is 15.2. The van der Waals surface area contributed by atoms with Crippen molar-refractivity contribution in [3.05, 3.63) is 66.0 Å². The second-order valence-corrected chi connectivity index (χ2v) is 5.91. The van der Waals surface area contributed by atoms with E-state index in [9.17, 15) is 0 Å². The molecule has 0 N–H and O–H groups in total. The Bertz CT molecular complexity index is 629. The van der Waals surface area contributed by atoms with Gasteiger partial charge in [-0.15, -0.1) is 0 Å². The van der Waals surface area contributed by atoms with Crippen LogP contribution >= 0.6 is 0 Å². The summed E-state index contributed by atoms with van der Waals surface area (Å²) in [7, 11) is 2.17. The van der Waals surface area contributed by atoms with E-state index in [1.54, 1.807) is 0 Å². The number of nitrogens with zero attached hydrogens (tertiary/aromatic N) is 2. The van der Waals surface area contributed by atoms with E-state index < -0.39 is 0 Å². The Kier molecular flexibility index (Phi) is 3.09. The molecule has 0 saturated carbocycles. The first-order valence-corrected chi connectivity index (χ1v) is 7.02. The number of aromatic nitrogens is 1. The van der Waals surface area contributed by atoms with Gasteiger partial charge in [0.05, 0.1) is 11.7 Å². The Labute approximate surface area is 120 Å². The lowest BCUT2D eigenvalue weighted by atomic mass is 9.80. The summed E-state index contributed by atoms with van der Waals surface area (Å²) in [6.45, 7) is 4.62. The van der Waals surface area contributed by atoms with Crippen LogP contribution in [-0.2, 0) is 5.41 Å². The molecule has 2 heteroatoms. The summed E-state index contributed by atoms with van der Waals surface area (Å²) in [5, 5.41) is 0. The summed E-state index contributed by atoms with van der Waals surface area (Å²) in [6.07, 6.45) is 6.22. The largest absolute Gasteiger partial charge is 0.367 e. The molecule has 20 heavy (non-hydrogen) atoms. The maximum Gasteiger partial charge on any atom is 0.0627 e. The van der Waals surface area contributed by atoms with E-state index in [0.717, 1.165) is 5.69 Å². The fourth-order valence-corrected chi connectivity index (χ4v) is 3.15. The van der Waals surface area contributed by atoms with E-state index >= 15 is 0 Å². The lowest BCUT2D eigenvalue weighted by Crippen LogP contribution is -2.37. The zero-order valence-electron chi connectivity index (χ0n) is 12.2. The van der Waals surface area contributed by atoms with Gasteiger partial charge >= 0.3 is 0 Å². The minimum atomic E-state index is 0.108. The Balaban J connectivity index is 1.94. The van der Waals surface area contributed by atoms with Crippen LogP contribution in [0.25, 0.3) is 6.08 Å². The fraction of sp³-hybridized carbons (Fsp3) is 0.278. The van der Waals surface area contributed by atoms with Gasteiger partial charge in [-0.2, -0.15) is 0 Å². The third-order valence-electron chi connectivity index (χ3n) is 4.27. The van der Waals surface area contributed by atoms with E-state index in [4.69, 9.17) is 0 Å². The standard InChI is InChI=1S/C18H20N2/c1-18(2)15-9-4-5-10-16(15)20(3)17(18)12-11-14-8-6-7-13-19-14/h4-13,17H,1-3H3/b12-11+. The van der Waals surface area contributed by atoms with E-state index in [0.29, 0.717) is 6.04 Å². The summed E-state index contributed by atoms with van der Waals surface area (Å²) in [5.41, 5.74) is 3.86. The molecule has 1 atom stereocenters. The second-order valence-electron chi connectivity index (χ2n) is 5.91. The van der Waals surface area contributed by atoms with E-state index in [1.165, 1.54) is 11.3 Å². The summed E-state index contributed by atoms with van der Waals surface area (Å²) in [5.74, 6) is 0. The van der Waals surface area contributed by atoms with Crippen molar-refractivity contribution < 1.29 is 0 Å². The molecule has 1 aromatic carbocycles. The van der Waals surface area contributed by atoms with Crippen molar-refractivity contribution in [2.24, 2.45) is 0 Å². The van der Waals surface area contributed by atoms with Gasteiger partial charge in [0.25, 0.3) is 0 Å². The molecule has 3 rings (SSSR count). The molecule has 2 heterocycles. The van der Waals surface area contributed by atoms with Gasteiger partial charge in [0.15, 0.2) is 0 Å². The number of anilines is 1. The lowest BCUT2D eigenvalue weighted by molar-refractivity contribution is 0.489. The Morgan fingerprint density at radius 3 is 2.55 bits per heavy atom. The van der Waals surface area contributed by atoms with Gasteiger partial charge < -0.3 is 4.90 Å². The number of pyridine rings is 1. The van der Waals surface area contributed by atoms with E-state index in [1.807, 2.05) is 24.4 Å². The molecule has 102 valence electrons. The first-order valence-electron chi connectivity index (χ1n) is 7.02. The molecular weight excluding hydrogens is 244 g/mol. The van der Waals surface area contributed by atoms with Gasteiger partial charge in [-0.3, -0.25) is 4.98 Å². The van der Waals surface area contributed by atoms with Crippen LogP contribution in [0.1, 0.15) is 25.1 Å². The molecular formula is C18H20N2. The normalized spacial score (nSPS) is 20.4. The van der Waals surface area contributed by atoms with Crippen molar-refractivity contribution in [2.45, 2.75) is 25.3 Å². The quantitative estimate of drug-likeness (QED) is 0.818. The lowest BCUT2D eigenvalue weighted by Gasteiger charge is -2.29. The molecule has 0 saturated heterocycles. The minimum absolute atomic E-state index is 0.108. The molecule has 1 aliphatic heterocycles. The molecule has 0 fully saturated rings. The van der Waals surface area contributed by atoms with Crippen LogP contribution in [0.5, 0.6) is 0 Å². The summed E-state index contributed by atoms with van der Waals surface area (Å²) in [6, 6.07) is 15.0. The number of fused-ring (bicyclic) bond motifs is 1. The SMILES string of the molecule is CN1c2ccccc2C(C)(C)C1/C=C/c1ccccn1. The van der Waals surface area contributed by atoms with Crippen LogP contribution in [0.15, 0.2) is 54.7 Å². The van der Waals surface area contributed by atoms with Crippen LogP contribution in [0.4, 0.5) is 5.69 Å². The topological polar surface area (TPSA) is 16.1 Å². The smallest absolute Gasteiger partial charge is 0.0627 e. The average Bonchev–Trinajstić information content (AvgIpc) is 2.66. The number of likely N-dealkylation sites (N-methyl/N-ethyl adjacent to an activating group) is 1. The molecule has 1 aromatic heterocycles. The van der Waals surface area contributed by atoms with Gasteiger partial charge in [0.2, 0.25) is 0 Å². The van der Waals surface area contributed by atoms with Crippen LogP contribution in [-0.4, -0.2) is 18.1 Å². The second kappa shape index (κ2) is 4.78. The fourth-order valence-electron chi connectivity index (χ4n) is 3.15. The minimum Gasteiger partial charge on any atom is -0.367 e. The summed E-state index contributed by atoms with van der Waals surface area (Å²) in [4.78, 5) is 6.71. The van der Waals surface area contributed by atoms with Crippen LogP contribution in [0.2, 0.25) is 0 Å². The predicted molar refractivity (Wildman–Crippen MR) is 84.9 cm³/mol. The molecule has 0 bridgehead atoms. The molecule has 0 spiro atoms. The van der Waals surface area contributed by atoms with Gasteiger partial charge in [0.1, 0.15) is 0 Å². The zero-order valence-corrected chi connectivity index (χ0v) is 12.2. The third-order valence-corrected chi connectivity index (χ3v) is 4.27. The highest BCUT2D eigenvalue weighted by Gasteiger charge is 2.41. The Morgan fingerprint density at radius 1 is 1.10 bits per heavy atom. The van der Waals surface area contributed by atoms with Gasteiger partial charge in [-0.25, -0.2) is 0 Å². The molecule has 1 aliphatic rings. The van der Waals surface area contributed by atoms with E-state index in [2.05, 4.69) is 67.2 Å². The highest BCUT2D eigenvalue weighted by molar-refractivity contribution is 5.66. The Morgan fingerprint density at radius 2 is 1.85 bits per heavy atom. The van der Waals surface area contributed by atoms with Crippen LogP contribution < -0.4 is 4.90 Å². The molecule has 2 nitrogen and oxygen atoms in total. The average molecular weight is 264 g/mol. The van der Waals surface area contributed by atoms with Crippen molar-refractivity contribution >= 4 is 11.8 Å². The van der Waals surface area contributed by atoms with Gasteiger partial charge in [-0.1, -0.05) is 44.2 Å². The number of para-hydroxylation sites is 1. The highest BCUT2D eigenvalue weighted by Crippen LogP contribution is 2.44. The number of hydrogen-bond donors (Lipinski definition) is 0. The van der Waals surface area contributed by atoms with Crippen molar-refractivity contribution in [2.75, 3.05) is 11.9 Å². The number of rotatable bonds is 2. The molecule has 2 aromatic rings. The first kappa shape index (κ1) is 12.9. The number of benzene rings is 1. The first-order chi connectivity index (χ1) is 9.60. The van der Waals surface area contributed by atoms with Crippen molar-refractivity contribution in [1.29, 1.82) is 0 Å². The monoisotopic (exact) mass is 264 g/mol. The maximum absolute atomic E-state index is 4.36. The molecule has 0 radical (unpaired) electrons. The third kappa shape index (κ3) is 2.01. The predicted octanol–water partition coefficient (Wildman–Crippen LogP) is 3.89. The van der Waals surface area contributed by atoms with Gasteiger partial charge in [0, 0.05) is 24.3 Å². The number of hydrogen-bond acceptors (Lipinski definition) is 2. The van der Waals surface area contributed by atoms with Crippen LogP contribution in [0.3, 0.4) is 0 Å². The molecule has 0 amide bonds.